The van der Waals surface area contributed by atoms with E-state index < -0.39 is 17.8 Å². The average molecular weight is 345 g/mol. The summed E-state index contributed by atoms with van der Waals surface area (Å²) < 4.78 is 19.4. The summed E-state index contributed by atoms with van der Waals surface area (Å²) in [6.07, 6.45) is -0.832. The van der Waals surface area contributed by atoms with Gasteiger partial charge in [0, 0.05) is 6.54 Å². The third kappa shape index (κ3) is 5.29. The summed E-state index contributed by atoms with van der Waals surface area (Å²) in [5.74, 6) is -0.718. The predicted octanol–water partition coefficient (Wildman–Crippen LogP) is 3.57. The van der Waals surface area contributed by atoms with Crippen LogP contribution in [0.4, 0.5) is 4.39 Å². The maximum Gasteiger partial charge on any atom is 0.227 e. The lowest BCUT2D eigenvalue weighted by molar-refractivity contribution is -0.122. The van der Waals surface area contributed by atoms with Crippen LogP contribution in [0, 0.1) is 5.82 Å². The van der Waals surface area contributed by atoms with Gasteiger partial charge in [-0.25, -0.2) is 4.39 Å². The minimum absolute atomic E-state index is 0.0358. The van der Waals surface area contributed by atoms with Crippen molar-refractivity contribution in [1.29, 1.82) is 0 Å². The van der Waals surface area contributed by atoms with Crippen LogP contribution < -0.4 is 10.1 Å². The van der Waals surface area contributed by atoms with Crippen molar-refractivity contribution in [1.82, 2.24) is 5.32 Å². The Hall–Kier alpha value is -2.40. The van der Waals surface area contributed by atoms with Crippen LogP contribution in [-0.4, -0.2) is 23.7 Å². The molecular formula is C20H24FNO3. The van der Waals surface area contributed by atoms with Crippen molar-refractivity contribution in [3.05, 3.63) is 65.5 Å². The maximum atomic E-state index is 13.8. The zero-order valence-corrected chi connectivity index (χ0v) is 14.7. The highest BCUT2D eigenvalue weighted by molar-refractivity contribution is 5.83. The fourth-order valence-corrected chi connectivity index (χ4v) is 2.50. The first kappa shape index (κ1) is 18.9. The highest BCUT2D eigenvalue weighted by atomic mass is 19.1. The van der Waals surface area contributed by atoms with E-state index in [1.807, 2.05) is 19.9 Å². The van der Waals surface area contributed by atoms with E-state index in [2.05, 4.69) is 5.32 Å². The zero-order valence-electron chi connectivity index (χ0n) is 14.7. The first-order chi connectivity index (χ1) is 11.9. The number of halogens is 1. The molecule has 0 saturated heterocycles. The smallest absolute Gasteiger partial charge is 0.227 e. The second-order valence-electron chi connectivity index (χ2n) is 6.24. The summed E-state index contributed by atoms with van der Waals surface area (Å²) in [5, 5.41) is 13.0. The number of benzene rings is 2. The second kappa shape index (κ2) is 8.62. The third-order valence-electron chi connectivity index (χ3n) is 3.85. The molecule has 25 heavy (non-hydrogen) atoms. The van der Waals surface area contributed by atoms with E-state index in [1.54, 1.807) is 43.3 Å². The Bertz CT molecular complexity index is 718. The van der Waals surface area contributed by atoms with E-state index in [4.69, 9.17) is 4.74 Å². The summed E-state index contributed by atoms with van der Waals surface area (Å²) >= 11 is 0. The van der Waals surface area contributed by atoms with E-state index in [-0.39, 0.29) is 18.6 Å². The molecule has 2 aromatic carbocycles. The Morgan fingerprint density at radius 2 is 1.88 bits per heavy atom. The molecule has 0 radical (unpaired) electrons. The molecule has 2 atom stereocenters. The largest absolute Gasteiger partial charge is 0.491 e. The van der Waals surface area contributed by atoms with Crippen LogP contribution >= 0.6 is 0 Å². The topological polar surface area (TPSA) is 58.6 Å². The van der Waals surface area contributed by atoms with Crippen LogP contribution in [0.1, 0.15) is 43.9 Å². The summed E-state index contributed by atoms with van der Waals surface area (Å²) in [5.41, 5.74) is 0.985. The Kier molecular flexibility index (Phi) is 6.53. The molecule has 2 rings (SSSR count). The van der Waals surface area contributed by atoms with E-state index in [9.17, 15) is 14.3 Å². The van der Waals surface area contributed by atoms with Gasteiger partial charge in [0.25, 0.3) is 0 Å². The maximum absolute atomic E-state index is 13.8. The van der Waals surface area contributed by atoms with E-state index in [1.165, 1.54) is 6.07 Å². The number of hydrogen-bond donors (Lipinski definition) is 2. The zero-order chi connectivity index (χ0) is 18.4. The highest BCUT2D eigenvalue weighted by Gasteiger charge is 2.19. The Labute approximate surface area is 147 Å². The molecule has 1 amide bonds. The van der Waals surface area contributed by atoms with Crippen molar-refractivity contribution in [3.8, 4) is 5.75 Å². The van der Waals surface area contributed by atoms with Gasteiger partial charge in [-0.15, -0.1) is 0 Å². The number of aliphatic hydroxyl groups is 1. The Morgan fingerprint density at radius 3 is 2.56 bits per heavy atom. The molecular weight excluding hydrogens is 321 g/mol. The van der Waals surface area contributed by atoms with Crippen molar-refractivity contribution < 1.29 is 19.0 Å². The minimum Gasteiger partial charge on any atom is -0.491 e. The van der Waals surface area contributed by atoms with Crippen LogP contribution in [-0.2, 0) is 4.79 Å². The fraction of sp³-hybridized carbons (Fsp3) is 0.350. The normalized spacial score (nSPS) is 13.4. The van der Waals surface area contributed by atoms with Crippen LogP contribution in [0.3, 0.4) is 0 Å². The first-order valence-electron chi connectivity index (χ1n) is 8.35. The molecule has 0 saturated carbocycles. The molecule has 0 heterocycles. The quantitative estimate of drug-likeness (QED) is 0.807. The van der Waals surface area contributed by atoms with E-state index >= 15 is 0 Å². The van der Waals surface area contributed by atoms with E-state index in [0.717, 1.165) is 0 Å². The molecule has 2 unspecified atom stereocenters. The monoisotopic (exact) mass is 345 g/mol. The Balaban J connectivity index is 1.96. The van der Waals surface area contributed by atoms with Crippen LogP contribution in [0.25, 0.3) is 0 Å². The molecule has 134 valence electrons. The molecule has 0 bridgehead atoms. The number of ether oxygens (including phenoxy) is 1. The van der Waals surface area contributed by atoms with Crippen molar-refractivity contribution in [2.75, 3.05) is 6.54 Å². The minimum atomic E-state index is -0.868. The Morgan fingerprint density at radius 1 is 1.16 bits per heavy atom. The van der Waals surface area contributed by atoms with Gasteiger partial charge < -0.3 is 15.2 Å². The summed E-state index contributed by atoms with van der Waals surface area (Å²) in [4.78, 5) is 12.2. The van der Waals surface area contributed by atoms with Gasteiger partial charge in [-0.3, -0.25) is 4.79 Å². The number of rotatable bonds is 7. The van der Waals surface area contributed by atoms with Gasteiger partial charge in [-0.05, 0) is 50.1 Å². The van der Waals surface area contributed by atoms with Gasteiger partial charge >= 0.3 is 0 Å². The van der Waals surface area contributed by atoms with Crippen molar-refractivity contribution in [2.24, 2.45) is 0 Å². The summed E-state index contributed by atoms with van der Waals surface area (Å²) in [7, 11) is 0. The number of carbonyl (C=O) groups is 1. The molecule has 2 aromatic rings. The molecule has 0 fully saturated rings. The molecule has 4 nitrogen and oxygen atoms in total. The van der Waals surface area contributed by atoms with Crippen molar-refractivity contribution in [2.45, 2.75) is 38.9 Å². The van der Waals surface area contributed by atoms with Gasteiger partial charge in [0.05, 0.1) is 18.1 Å². The lowest BCUT2D eigenvalue weighted by atomic mass is 9.99. The lowest BCUT2D eigenvalue weighted by Gasteiger charge is -2.17. The molecule has 0 spiro atoms. The van der Waals surface area contributed by atoms with E-state index in [0.29, 0.717) is 16.9 Å². The molecule has 0 aromatic heterocycles. The van der Waals surface area contributed by atoms with Gasteiger partial charge in [0.2, 0.25) is 5.91 Å². The number of aliphatic hydroxyl groups excluding tert-OH is 1. The third-order valence-corrected chi connectivity index (χ3v) is 3.85. The summed E-state index contributed by atoms with van der Waals surface area (Å²) in [6.45, 7) is 5.53. The fourth-order valence-electron chi connectivity index (χ4n) is 2.50. The van der Waals surface area contributed by atoms with Crippen LogP contribution in [0.15, 0.2) is 48.5 Å². The molecule has 0 aliphatic rings. The number of amides is 1. The predicted molar refractivity (Wildman–Crippen MR) is 95.0 cm³/mol. The SMILES string of the molecule is CC(C)Oc1cccc(C(O)CNC(=O)C(C)c2ccccc2F)c1. The van der Waals surface area contributed by atoms with Gasteiger partial charge in [0.15, 0.2) is 0 Å². The average Bonchev–Trinajstić information content (AvgIpc) is 2.58. The second-order valence-corrected chi connectivity index (χ2v) is 6.24. The number of hydrogen-bond acceptors (Lipinski definition) is 3. The summed E-state index contributed by atoms with van der Waals surface area (Å²) in [6, 6.07) is 13.3. The molecule has 0 aliphatic carbocycles. The molecule has 0 aliphatic heterocycles. The van der Waals surface area contributed by atoms with Crippen LogP contribution in [0.2, 0.25) is 0 Å². The number of carbonyl (C=O) groups excluding carboxylic acids is 1. The van der Waals surface area contributed by atoms with Crippen molar-refractivity contribution >= 4 is 5.91 Å². The molecule has 5 heteroatoms. The number of nitrogens with one attached hydrogen (secondary N) is 1. The van der Waals surface area contributed by atoms with Gasteiger partial charge in [-0.1, -0.05) is 30.3 Å². The van der Waals surface area contributed by atoms with Crippen molar-refractivity contribution in [3.63, 3.8) is 0 Å². The first-order valence-corrected chi connectivity index (χ1v) is 8.35. The van der Waals surface area contributed by atoms with Gasteiger partial charge in [-0.2, -0.15) is 0 Å². The lowest BCUT2D eigenvalue weighted by Crippen LogP contribution is -2.32. The standard InChI is InChI=1S/C20H24FNO3/c1-13(2)25-16-8-6-7-15(11-16)19(23)12-22-20(24)14(3)17-9-4-5-10-18(17)21/h4-11,13-14,19,23H,12H2,1-3H3,(H,22,24). The van der Waals surface area contributed by atoms with Crippen LogP contribution in [0.5, 0.6) is 5.75 Å². The van der Waals surface area contributed by atoms with Gasteiger partial charge in [0.1, 0.15) is 11.6 Å². The molecule has 2 N–H and O–H groups in total. The highest BCUT2D eigenvalue weighted by Crippen LogP contribution is 2.21.